The van der Waals surface area contributed by atoms with Crippen LogP contribution in [0.15, 0.2) is 59.5 Å². The molecule has 30 heavy (non-hydrogen) atoms. The highest BCUT2D eigenvalue weighted by molar-refractivity contribution is 7.92. The van der Waals surface area contributed by atoms with E-state index in [-0.39, 0.29) is 16.7 Å². The molecule has 8 heteroatoms. The van der Waals surface area contributed by atoms with Crippen molar-refractivity contribution in [2.45, 2.75) is 30.6 Å². The van der Waals surface area contributed by atoms with Crippen LogP contribution in [0.5, 0.6) is 0 Å². The second kappa shape index (κ2) is 9.75. The van der Waals surface area contributed by atoms with E-state index in [1.165, 1.54) is 35.6 Å². The van der Waals surface area contributed by atoms with Crippen LogP contribution < -0.4 is 9.62 Å². The molecule has 1 fully saturated rings. The molecule has 0 bridgehead atoms. The zero-order valence-corrected chi connectivity index (χ0v) is 17.9. The molecule has 3 rings (SSSR count). The van der Waals surface area contributed by atoms with Gasteiger partial charge in [-0.05, 0) is 49.2 Å². The summed E-state index contributed by atoms with van der Waals surface area (Å²) in [6, 6.07) is 14.7. The largest absolute Gasteiger partial charge is 0.350 e. The lowest BCUT2D eigenvalue weighted by Crippen LogP contribution is -2.38. The van der Waals surface area contributed by atoms with Gasteiger partial charge in [-0.2, -0.15) is 0 Å². The van der Waals surface area contributed by atoms with E-state index >= 15 is 0 Å². The Hall–Kier alpha value is -2.87. The third-order valence-electron chi connectivity index (χ3n) is 5.23. The molecular formula is C22H27N3O4S. The maximum absolute atomic E-state index is 12.8. The first kappa shape index (κ1) is 21.8. The zero-order valence-electron chi connectivity index (χ0n) is 17.1. The number of carbonyl (C=O) groups excluding carboxylic acids is 2. The van der Waals surface area contributed by atoms with E-state index in [1.807, 2.05) is 6.07 Å². The number of likely N-dealkylation sites (tertiary alicyclic amines) is 1. The van der Waals surface area contributed by atoms with Crippen molar-refractivity contribution in [3.05, 3.63) is 60.2 Å². The highest BCUT2D eigenvalue weighted by Gasteiger charge is 2.21. The fourth-order valence-corrected chi connectivity index (χ4v) is 4.59. The van der Waals surface area contributed by atoms with Crippen LogP contribution in [0.3, 0.4) is 0 Å². The number of sulfonamides is 1. The summed E-state index contributed by atoms with van der Waals surface area (Å²) < 4.78 is 26.8. The van der Waals surface area contributed by atoms with E-state index in [4.69, 9.17) is 0 Å². The van der Waals surface area contributed by atoms with Gasteiger partial charge in [-0.1, -0.05) is 24.6 Å². The van der Waals surface area contributed by atoms with Gasteiger partial charge in [-0.3, -0.25) is 13.9 Å². The predicted molar refractivity (Wildman–Crippen MR) is 116 cm³/mol. The van der Waals surface area contributed by atoms with Gasteiger partial charge >= 0.3 is 0 Å². The number of carbonyl (C=O) groups is 2. The number of hydrogen-bond acceptors (Lipinski definition) is 4. The lowest BCUT2D eigenvalue weighted by atomic mass is 10.2. The van der Waals surface area contributed by atoms with E-state index in [9.17, 15) is 18.0 Å². The van der Waals surface area contributed by atoms with Gasteiger partial charge in [-0.25, -0.2) is 8.42 Å². The highest BCUT2D eigenvalue weighted by Crippen LogP contribution is 2.21. The molecule has 2 aromatic rings. The van der Waals surface area contributed by atoms with Crippen LogP contribution in [-0.2, 0) is 14.8 Å². The number of hydrogen-bond donors (Lipinski definition) is 1. The lowest BCUT2D eigenvalue weighted by molar-refractivity contribution is -0.130. The minimum atomic E-state index is -3.72. The van der Waals surface area contributed by atoms with Gasteiger partial charge in [-0.15, -0.1) is 0 Å². The van der Waals surface area contributed by atoms with E-state index in [1.54, 1.807) is 29.2 Å². The molecule has 0 atom stereocenters. The molecule has 1 aliphatic rings. The Bertz CT molecular complexity index is 975. The van der Waals surface area contributed by atoms with Crippen molar-refractivity contribution in [3.8, 4) is 0 Å². The molecule has 1 aliphatic heterocycles. The molecular weight excluding hydrogens is 402 g/mol. The summed E-state index contributed by atoms with van der Waals surface area (Å²) in [6.45, 7) is 1.58. The molecule has 0 unspecified atom stereocenters. The summed E-state index contributed by atoms with van der Waals surface area (Å²) >= 11 is 0. The maximum atomic E-state index is 12.8. The fraction of sp³-hybridized carbons (Fsp3) is 0.364. The minimum absolute atomic E-state index is 0.112. The minimum Gasteiger partial charge on any atom is -0.350 e. The van der Waals surface area contributed by atoms with Gasteiger partial charge in [0.1, 0.15) is 0 Å². The standard InChI is InChI=1S/C22H27N3O4S/c1-24(19-8-4-2-5-9-19)30(28,29)20-13-11-18(12-14-20)22(27)23-15-17-25-16-7-3-6-10-21(25)26/h2,4-5,8-9,11-14H,3,6-7,10,15-17H2,1H3,(H,23,27). The summed E-state index contributed by atoms with van der Waals surface area (Å²) in [4.78, 5) is 26.3. The lowest BCUT2D eigenvalue weighted by Gasteiger charge is -2.20. The Kier molecular flexibility index (Phi) is 7.10. The summed E-state index contributed by atoms with van der Waals surface area (Å²) in [5, 5.41) is 2.80. The van der Waals surface area contributed by atoms with Crippen molar-refractivity contribution in [1.82, 2.24) is 10.2 Å². The molecule has 1 N–H and O–H groups in total. The first-order chi connectivity index (χ1) is 14.4. The number of anilines is 1. The Morgan fingerprint density at radius 2 is 1.73 bits per heavy atom. The summed E-state index contributed by atoms with van der Waals surface area (Å²) in [7, 11) is -2.22. The summed E-state index contributed by atoms with van der Waals surface area (Å²) in [6.07, 6.45) is 3.55. The number of para-hydroxylation sites is 1. The van der Waals surface area contributed by atoms with Crippen LogP contribution in [-0.4, -0.2) is 51.8 Å². The number of amides is 2. The van der Waals surface area contributed by atoms with Crippen LogP contribution in [0.2, 0.25) is 0 Å². The van der Waals surface area contributed by atoms with Crippen LogP contribution in [0.25, 0.3) is 0 Å². The van der Waals surface area contributed by atoms with Crippen molar-refractivity contribution in [2.24, 2.45) is 0 Å². The van der Waals surface area contributed by atoms with Crippen LogP contribution >= 0.6 is 0 Å². The topological polar surface area (TPSA) is 86.8 Å². The molecule has 160 valence electrons. The van der Waals surface area contributed by atoms with E-state index in [0.717, 1.165) is 25.8 Å². The van der Waals surface area contributed by atoms with Crippen LogP contribution in [0.4, 0.5) is 5.69 Å². The molecule has 7 nitrogen and oxygen atoms in total. The first-order valence-corrected chi connectivity index (χ1v) is 11.5. The summed E-state index contributed by atoms with van der Waals surface area (Å²) in [5.74, 6) is -0.156. The van der Waals surface area contributed by atoms with Gasteiger partial charge in [0.05, 0.1) is 10.6 Å². The van der Waals surface area contributed by atoms with Gasteiger partial charge in [0, 0.05) is 38.7 Å². The Labute approximate surface area is 177 Å². The Morgan fingerprint density at radius 3 is 2.43 bits per heavy atom. The quantitative estimate of drug-likeness (QED) is 0.733. The highest BCUT2D eigenvalue weighted by atomic mass is 32.2. The second-order valence-corrected chi connectivity index (χ2v) is 9.25. The van der Waals surface area contributed by atoms with E-state index in [0.29, 0.717) is 30.8 Å². The molecule has 0 radical (unpaired) electrons. The van der Waals surface area contributed by atoms with Crippen LogP contribution in [0, 0.1) is 0 Å². The average Bonchev–Trinajstić information content (AvgIpc) is 2.98. The van der Waals surface area contributed by atoms with Gasteiger partial charge in [0.15, 0.2) is 0 Å². The molecule has 1 saturated heterocycles. The van der Waals surface area contributed by atoms with Gasteiger partial charge < -0.3 is 10.2 Å². The smallest absolute Gasteiger partial charge is 0.264 e. The first-order valence-electron chi connectivity index (χ1n) is 10.1. The molecule has 0 aromatic heterocycles. The van der Waals surface area contributed by atoms with Crippen molar-refractivity contribution in [1.29, 1.82) is 0 Å². The monoisotopic (exact) mass is 429 g/mol. The Morgan fingerprint density at radius 1 is 1.03 bits per heavy atom. The zero-order chi connectivity index (χ0) is 21.6. The normalized spacial score (nSPS) is 14.8. The molecule has 0 saturated carbocycles. The SMILES string of the molecule is CN(c1ccccc1)S(=O)(=O)c1ccc(C(=O)NCCN2CCCCCC2=O)cc1. The third-order valence-corrected chi connectivity index (χ3v) is 7.03. The molecule has 2 aromatic carbocycles. The fourth-order valence-electron chi connectivity index (χ4n) is 3.39. The maximum Gasteiger partial charge on any atom is 0.264 e. The van der Waals surface area contributed by atoms with Crippen molar-refractivity contribution >= 4 is 27.5 Å². The number of rotatable bonds is 7. The number of nitrogens with one attached hydrogen (secondary N) is 1. The van der Waals surface area contributed by atoms with Gasteiger partial charge in [0.25, 0.3) is 15.9 Å². The molecule has 2 amide bonds. The van der Waals surface area contributed by atoms with Crippen molar-refractivity contribution < 1.29 is 18.0 Å². The van der Waals surface area contributed by atoms with Gasteiger partial charge in [0.2, 0.25) is 5.91 Å². The third kappa shape index (κ3) is 5.18. The summed E-state index contributed by atoms with van der Waals surface area (Å²) in [5.41, 5.74) is 0.931. The predicted octanol–water partition coefficient (Wildman–Crippen LogP) is 2.64. The average molecular weight is 430 g/mol. The number of nitrogens with zero attached hydrogens (tertiary/aromatic N) is 2. The molecule has 1 heterocycles. The Balaban J connectivity index is 1.59. The van der Waals surface area contributed by atoms with E-state index < -0.39 is 10.0 Å². The van der Waals surface area contributed by atoms with E-state index in [2.05, 4.69) is 5.32 Å². The van der Waals surface area contributed by atoms with Crippen molar-refractivity contribution in [3.63, 3.8) is 0 Å². The van der Waals surface area contributed by atoms with Crippen LogP contribution in [0.1, 0.15) is 36.0 Å². The number of benzene rings is 2. The molecule has 0 spiro atoms. The second-order valence-electron chi connectivity index (χ2n) is 7.28. The molecule has 0 aliphatic carbocycles. The van der Waals surface area contributed by atoms with Crippen molar-refractivity contribution in [2.75, 3.05) is 31.0 Å².